The zero-order chi connectivity index (χ0) is 19.2. The van der Waals surface area contributed by atoms with Crippen molar-refractivity contribution in [3.63, 3.8) is 0 Å². The molecule has 2 heterocycles. The minimum absolute atomic E-state index is 0.643. The van der Waals surface area contributed by atoms with Gasteiger partial charge in [-0.1, -0.05) is 48.5 Å². The fourth-order valence-corrected chi connectivity index (χ4v) is 2.89. The van der Waals surface area contributed by atoms with Crippen molar-refractivity contribution in [3.05, 3.63) is 96.8 Å². The van der Waals surface area contributed by atoms with E-state index in [2.05, 4.69) is 22.4 Å². The number of nitrogens with one attached hydrogen (secondary N) is 1. The zero-order valence-electron chi connectivity index (χ0n) is 15.7. The van der Waals surface area contributed by atoms with Gasteiger partial charge in [0.25, 0.3) is 0 Å². The van der Waals surface area contributed by atoms with Crippen molar-refractivity contribution in [2.24, 2.45) is 0 Å². The Morgan fingerprint density at radius 1 is 0.821 bits per heavy atom. The molecule has 0 unspecified atom stereocenters. The maximum Gasteiger partial charge on any atom is 0.232 e. The van der Waals surface area contributed by atoms with Gasteiger partial charge in [0.05, 0.1) is 5.69 Å². The molecule has 0 aliphatic rings. The third kappa shape index (κ3) is 4.15. The summed E-state index contributed by atoms with van der Waals surface area (Å²) >= 11 is 0. The second-order valence-electron chi connectivity index (χ2n) is 6.41. The van der Waals surface area contributed by atoms with Gasteiger partial charge in [-0.15, -0.1) is 0 Å². The summed E-state index contributed by atoms with van der Waals surface area (Å²) in [4.78, 5) is 15.6. The molecule has 0 spiro atoms. The highest BCUT2D eigenvalue weighted by atomic mass is 15.3. The molecule has 1 N–H and O–H groups in total. The smallest absolute Gasteiger partial charge is 0.232 e. The largest absolute Gasteiger partial charge is 0.366 e. The third-order valence-corrected chi connectivity index (χ3v) is 4.45. The highest BCUT2D eigenvalue weighted by Gasteiger charge is 2.12. The van der Waals surface area contributed by atoms with Crippen LogP contribution in [0.25, 0.3) is 11.3 Å². The number of pyridine rings is 1. The van der Waals surface area contributed by atoms with Crippen molar-refractivity contribution in [1.29, 1.82) is 0 Å². The van der Waals surface area contributed by atoms with E-state index < -0.39 is 0 Å². The minimum atomic E-state index is 0.643. The second kappa shape index (κ2) is 8.31. The van der Waals surface area contributed by atoms with E-state index in [0.717, 1.165) is 28.3 Å². The molecule has 0 saturated heterocycles. The number of para-hydroxylation sites is 1. The van der Waals surface area contributed by atoms with Crippen molar-refractivity contribution >= 4 is 17.5 Å². The van der Waals surface area contributed by atoms with Gasteiger partial charge in [0, 0.05) is 43.3 Å². The first kappa shape index (κ1) is 17.7. The van der Waals surface area contributed by atoms with Crippen molar-refractivity contribution < 1.29 is 0 Å². The number of hydrogen-bond donors (Lipinski definition) is 1. The SMILES string of the molecule is CN(c1ccccc1)c1nc(NCc2ccncc2)cc(-c2ccccc2)n1. The summed E-state index contributed by atoms with van der Waals surface area (Å²) in [5.41, 5.74) is 4.12. The Balaban J connectivity index is 1.69. The molecule has 5 heteroatoms. The molecular weight excluding hydrogens is 346 g/mol. The summed E-state index contributed by atoms with van der Waals surface area (Å²) in [6.07, 6.45) is 3.59. The van der Waals surface area contributed by atoms with Gasteiger partial charge >= 0.3 is 0 Å². The molecule has 4 rings (SSSR count). The Labute approximate surface area is 164 Å². The quantitative estimate of drug-likeness (QED) is 0.524. The van der Waals surface area contributed by atoms with Gasteiger partial charge in [-0.2, -0.15) is 4.98 Å². The van der Waals surface area contributed by atoms with Crippen LogP contribution in [0, 0.1) is 0 Å². The highest BCUT2D eigenvalue weighted by Crippen LogP contribution is 2.26. The summed E-state index contributed by atoms with van der Waals surface area (Å²) in [6, 6.07) is 26.2. The van der Waals surface area contributed by atoms with E-state index in [9.17, 15) is 0 Å². The van der Waals surface area contributed by atoms with Crippen molar-refractivity contribution in [1.82, 2.24) is 15.0 Å². The Morgan fingerprint density at radius 3 is 2.21 bits per heavy atom. The molecule has 5 nitrogen and oxygen atoms in total. The van der Waals surface area contributed by atoms with Gasteiger partial charge in [-0.05, 0) is 29.8 Å². The Kier molecular flexibility index (Phi) is 5.24. The number of aromatic nitrogens is 3. The standard InChI is InChI=1S/C23H21N5/c1-28(20-10-6-3-7-11-20)23-26-21(19-8-4-2-5-9-19)16-22(27-23)25-17-18-12-14-24-15-13-18/h2-16H,17H2,1H3,(H,25,26,27). The molecule has 138 valence electrons. The van der Waals surface area contributed by atoms with E-state index in [0.29, 0.717) is 12.5 Å². The highest BCUT2D eigenvalue weighted by molar-refractivity contribution is 5.67. The Bertz CT molecular complexity index is 1020. The van der Waals surface area contributed by atoms with Crippen LogP contribution in [0.3, 0.4) is 0 Å². The summed E-state index contributed by atoms with van der Waals surface area (Å²) in [7, 11) is 1.98. The molecule has 0 aliphatic heterocycles. The van der Waals surface area contributed by atoms with Crippen LogP contribution < -0.4 is 10.2 Å². The molecule has 0 saturated carbocycles. The topological polar surface area (TPSA) is 53.9 Å². The molecule has 0 aliphatic carbocycles. The van der Waals surface area contributed by atoms with Crippen LogP contribution in [0.1, 0.15) is 5.56 Å². The average molecular weight is 367 g/mol. The van der Waals surface area contributed by atoms with E-state index in [1.165, 1.54) is 0 Å². The molecule has 0 bridgehead atoms. The summed E-state index contributed by atoms with van der Waals surface area (Å²) < 4.78 is 0. The predicted molar refractivity (Wildman–Crippen MR) is 114 cm³/mol. The van der Waals surface area contributed by atoms with Gasteiger partial charge in [0.1, 0.15) is 5.82 Å². The number of benzene rings is 2. The molecule has 0 amide bonds. The van der Waals surface area contributed by atoms with Crippen molar-refractivity contribution in [2.75, 3.05) is 17.3 Å². The Hall–Kier alpha value is -3.73. The monoisotopic (exact) mass is 367 g/mol. The Morgan fingerprint density at radius 2 is 1.50 bits per heavy atom. The first-order valence-electron chi connectivity index (χ1n) is 9.16. The maximum atomic E-state index is 4.80. The molecule has 2 aromatic heterocycles. The third-order valence-electron chi connectivity index (χ3n) is 4.45. The van der Waals surface area contributed by atoms with Crippen LogP contribution in [-0.4, -0.2) is 22.0 Å². The van der Waals surface area contributed by atoms with Crippen LogP contribution >= 0.6 is 0 Å². The average Bonchev–Trinajstić information content (AvgIpc) is 2.79. The van der Waals surface area contributed by atoms with E-state index in [4.69, 9.17) is 9.97 Å². The zero-order valence-corrected chi connectivity index (χ0v) is 15.7. The molecule has 28 heavy (non-hydrogen) atoms. The van der Waals surface area contributed by atoms with E-state index in [1.807, 2.05) is 78.7 Å². The fraction of sp³-hybridized carbons (Fsp3) is 0.0870. The van der Waals surface area contributed by atoms with E-state index in [-0.39, 0.29) is 0 Å². The first-order chi connectivity index (χ1) is 13.8. The normalized spacial score (nSPS) is 10.5. The van der Waals surface area contributed by atoms with Crippen LogP contribution in [0.15, 0.2) is 91.3 Å². The van der Waals surface area contributed by atoms with Crippen molar-refractivity contribution in [3.8, 4) is 11.3 Å². The first-order valence-corrected chi connectivity index (χ1v) is 9.16. The molecule has 4 aromatic rings. The summed E-state index contributed by atoms with van der Waals surface area (Å²) in [5, 5.41) is 3.41. The lowest BCUT2D eigenvalue weighted by Gasteiger charge is -2.19. The fourth-order valence-electron chi connectivity index (χ4n) is 2.89. The van der Waals surface area contributed by atoms with E-state index >= 15 is 0 Å². The molecule has 0 radical (unpaired) electrons. The number of anilines is 3. The number of nitrogens with zero attached hydrogens (tertiary/aromatic N) is 4. The lowest BCUT2D eigenvalue weighted by Crippen LogP contribution is -2.14. The summed E-state index contributed by atoms with van der Waals surface area (Å²) in [6.45, 7) is 0.669. The lowest BCUT2D eigenvalue weighted by molar-refractivity contribution is 1.02. The second-order valence-corrected chi connectivity index (χ2v) is 6.41. The van der Waals surface area contributed by atoms with Crippen LogP contribution in [0.4, 0.5) is 17.5 Å². The maximum absolute atomic E-state index is 4.80. The van der Waals surface area contributed by atoms with Gasteiger partial charge in [-0.25, -0.2) is 4.98 Å². The van der Waals surface area contributed by atoms with Gasteiger partial charge in [0.15, 0.2) is 0 Å². The molecule has 0 fully saturated rings. The van der Waals surface area contributed by atoms with Crippen LogP contribution in [0.2, 0.25) is 0 Å². The number of hydrogen-bond acceptors (Lipinski definition) is 5. The summed E-state index contributed by atoms with van der Waals surface area (Å²) in [5.74, 6) is 1.42. The van der Waals surface area contributed by atoms with Crippen LogP contribution in [0.5, 0.6) is 0 Å². The minimum Gasteiger partial charge on any atom is -0.366 e. The molecule has 2 aromatic carbocycles. The number of rotatable bonds is 6. The predicted octanol–water partition coefficient (Wildman–Crippen LogP) is 4.92. The van der Waals surface area contributed by atoms with Crippen LogP contribution in [-0.2, 0) is 6.54 Å². The van der Waals surface area contributed by atoms with E-state index in [1.54, 1.807) is 12.4 Å². The molecule has 0 atom stereocenters. The lowest BCUT2D eigenvalue weighted by atomic mass is 10.1. The van der Waals surface area contributed by atoms with Crippen molar-refractivity contribution in [2.45, 2.75) is 6.54 Å². The van der Waals surface area contributed by atoms with Gasteiger partial charge < -0.3 is 10.2 Å². The van der Waals surface area contributed by atoms with Gasteiger partial charge in [-0.3, -0.25) is 4.98 Å². The van der Waals surface area contributed by atoms with Gasteiger partial charge in [0.2, 0.25) is 5.95 Å². The molecular formula is C23H21N5.